The number of piperazine rings is 1. The molecule has 1 heterocycles. The summed E-state index contributed by atoms with van der Waals surface area (Å²) in [6, 6.07) is -0.355. The van der Waals surface area contributed by atoms with Gasteiger partial charge in [-0.25, -0.2) is 0 Å². The van der Waals surface area contributed by atoms with Crippen LogP contribution in [0, 0.1) is 5.92 Å². The molecule has 1 N–H and O–H groups in total. The topological polar surface area (TPSA) is 49.4 Å². The van der Waals surface area contributed by atoms with Gasteiger partial charge in [0, 0.05) is 6.54 Å². The lowest BCUT2D eigenvalue weighted by atomic mass is 9.96. The van der Waals surface area contributed by atoms with Crippen molar-refractivity contribution in [3.8, 4) is 0 Å². The van der Waals surface area contributed by atoms with Crippen LogP contribution in [0.4, 0.5) is 0 Å². The minimum Gasteiger partial charge on any atom is -0.342 e. The van der Waals surface area contributed by atoms with E-state index < -0.39 is 0 Å². The molecule has 0 aromatic rings. The van der Waals surface area contributed by atoms with Crippen LogP contribution < -0.4 is 5.32 Å². The fourth-order valence-corrected chi connectivity index (χ4v) is 1.80. The van der Waals surface area contributed by atoms with Gasteiger partial charge >= 0.3 is 0 Å². The normalized spacial score (nSPS) is 22.1. The summed E-state index contributed by atoms with van der Waals surface area (Å²) in [6.07, 6.45) is 2.86. The third-order valence-corrected chi connectivity index (χ3v) is 3.16. The number of amides is 2. The summed E-state index contributed by atoms with van der Waals surface area (Å²) in [5.74, 6) is 0.162. The van der Waals surface area contributed by atoms with Crippen LogP contribution in [0.15, 0.2) is 11.6 Å². The third kappa shape index (κ3) is 3.58. The van der Waals surface area contributed by atoms with E-state index in [1.807, 2.05) is 33.8 Å². The molecular formula is C13H22N2O2. The summed E-state index contributed by atoms with van der Waals surface area (Å²) in [6.45, 7) is 8.70. The van der Waals surface area contributed by atoms with Gasteiger partial charge in [0.25, 0.3) is 0 Å². The minimum absolute atomic E-state index is 0.0384. The number of hydrogen-bond acceptors (Lipinski definition) is 2. The second kappa shape index (κ2) is 5.84. The lowest BCUT2D eigenvalue weighted by Crippen LogP contribution is -2.60. The van der Waals surface area contributed by atoms with E-state index in [2.05, 4.69) is 5.32 Å². The van der Waals surface area contributed by atoms with Crippen molar-refractivity contribution >= 4 is 11.8 Å². The standard InChI is InChI=1S/C13H22N2O2/c1-5-10(4)12-13(17)15(7-6-9(2)3)8-11(16)14-12/h6,10,12H,5,7-8H2,1-4H3,(H,14,16). The average molecular weight is 238 g/mol. The van der Waals surface area contributed by atoms with Crippen molar-refractivity contribution < 1.29 is 9.59 Å². The van der Waals surface area contributed by atoms with E-state index in [9.17, 15) is 9.59 Å². The summed E-state index contributed by atoms with van der Waals surface area (Å²) in [5.41, 5.74) is 1.16. The molecule has 2 atom stereocenters. The number of allylic oxidation sites excluding steroid dienone is 1. The molecule has 1 fully saturated rings. The van der Waals surface area contributed by atoms with Gasteiger partial charge < -0.3 is 10.2 Å². The highest BCUT2D eigenvalue weighted by Crippen LogP contribution is 2.14. The van der Waals surface area contributed by atoms with Gasteiger partial charge in [0.1, 0.15) is 6.04 Å². The molecule has 2 unspecified atom stereocenters. The Morgan fingerprint density at radius 1 is 1.53 bits per heavy atom. The first kappa shape index (κ1) is 13.7. The van der Waals surface area contributed by atoms with Gasteiger partial charge in [-0.15, -0.1) is 0 Å². The first-order valence-corrected chi connectivity index (χ1v) is 6.17. The predicted molar refractivity (Wildman–Crippen MR) is 67.4 cm³/mol. The molecule has 1 aliphatic rings. The Hall–Kier alpha value is -1.32. The van der Waals surface area contributed by atoms with E-state index in [1.54, 1.807) is 4.90 Å². The summed E-state index contributed by atoms with van der Waals surface area (Å²) in [7, 11) is 0. The number of nitrogens with one attached hydrogen (secondary N) is 1. The van der Waals surface area contributed by atoms with Crippen LogP contribution in [-0.2, 0) is 9.59 Å². The largest absolute Gasteiger partial charge is 0.342 e. The zero-order valence-electron chi connectivity index (χ0n) is 11.1. The molecule has 0 bridgehead atoms. The number of rotatable bonds is 4. The fraction of sp³-hybridized carbons (Fsp3) is 0.692. The highest BCUT2D eigenvalue weighted by Gasteiger charge is 2.34. The Kier molecular flexibility index (Phi) is 4.73. The van der Waals surface area contributed by atoms with Gasteiger partial charge in [0.05, 0.1) is 6.54 Å². The molecule has 96 valence electrons. The molecule has 0 aromatic carbocycles. The van der Waals surface area contributed by atoms with Crippen LogP contribution in [0.5, 0.6) is 0 Å². The quantitative estimate of drug-likeness (QED) is 0.751. The summed E-state index contributed by atoms with van der Waals surface area (Å²) in [5, 5.41) is 2.78. The molecule has 17 heavy (non-hydrogen) atoms. The van der Waals surface area contributed by atoms with Gasteiger partial charge in [0.2, 0.25) is 11.8 Å². The lowest BCUT2D eigenvalue weighted by molar-refractivity contribution is -0.145. The van der Waals surface area contributed by atoms with Crippen molar-refractivity contribution in [3.63, 3.8) is 0 Å². The van der Waals surface area contributed by atoms with Crippen LogP contribution in [0.1, 0.15) is 34.1 Å². The first-order chi connectivity index (χ1) is 7.95. The van der Waals surface area contributed by atoms with Crippen molar-refractivity contribution in [3.05, 3.63) is 11.6 Å². The van der Waals surface area contributed by atoms with E-state index in [4.69, 9.17) is 0 Å². The van der Waals surface area contributed by atoms with Crippen LogP contribution in [0.25, 0.3) is 0 Å². The van der Waals surface area contributed by atoms with Crippen molar-refractivity contribution in [2.45, 2.75) is 40.2 Å². The van der Waals surface area contributed by atoms with E-state index in [1.165, 1.54) is 0 Å². The van der Waals surface area contributed by atoms with Crippen molar-refractivity contribution in [2.24, 2.45) is 5.92 Å². The lowest BCUT2D eigenvalue weighted by Gasteiger charge is -2.34. The first-order valence-electron chi connectivity index (χ1n) is 6.17. The molecule has 1 aliphatic heterocycles. The molecule has 2 amide bonds. The zero-order valence-corrected chi connectivity index (χ0v) is 11.1. The summed E-state index contributed by atoms with van der Waals surface area (Å²) >= 11 is 0. The zero-order chi connectivity index (χ0) is 13.0. The average Bonchev–Trinajstić information content (AvgIpc) is 2.28. The molecule has 0 aromatic heterocycles. The fourth-order valence-electron chi connectivity index (χ4n) is 1.80. The maximum Gasteiger partial charge on any atom is 0.246 e. The van der Waals surface area contributed by atoms with Gasteiger partial charge in [-0.05, 0) is 19.8 Å². The number of carbonyl (C=O) groups is 2. The third-order valence-electron chi connectivity index (χ3n) is 3.16. The van der Waals surface area contributed by atoms with E-state index in [-0.39, 0.29) is 30.3 Å². The maximum atomic E-state index is 12.2. The molecule has 1 saturated heterocycles. The smallest absolute Gasteiger partial charge is 0.246 e. The molecule has 0 saturated carbocycles. The molecule has 0 spiro atoms. The van der Waals surface area contributed by atoms with E-state index in [0.717, 1.165) is 12.0 Å². The monoisotopic (exact) mass is 238 g/mol. The second-order valence-electron chi connectivity index (χ2n) is 4.93. The molecule has 4 heteroatoms. The Balaban J connectivity index is 2.75. The van der Waals surface area contributed by atoms with E-state index >= 15 is 0 Å². The number of hydrogen-bond donors (Lipinski definition) is 1. The Labute approximate surface area is 103 Å². The SMILES string of the molecule is CCC(C)C1NC(=O)CN(CC=C(C)C)C1=O. The molecule has 0 aliphatic carbocycles. The minimum atomic E-state index is -0.355. The Bertz CT molecular complexity index is 332. The predicted octanol–water partition coefficient (Wildman–Crippen LogP) is 1.33. The highest BCUT2D eigenvalue weighted by atomic mass is 16.2. The van der Waals surface area contributed by atoms with E-state index in [0.29, 0.717) is 6.54 Å². The van der Waals surface area contributed by atoms with Crippen molar-refractivity contribution in [1.29, 1.82) is 0 Å². The molecular weight excluding hydrogens is 216 g/mol. The Morgan fingerprint density at radius 2 is 2.18 bits per heavy atom. The van der Waals surface area contributed by atoms with Crippen LogP contribution in [-0.4, -0.2) is 35.8 Å². The number of carbonyl (C=O) groups excluding carboxylic acids is 2. The summed E-state index contributed by atoms with van der Waals surface area (Å²) in [4.78, 5) is 25.4. The van der Waals surface area contributed by atoms with Crippen LogP contribution in [0.3, 0.4) is 0 Å². The maximum absolute atomic E-state index is 12.2. The van der Waals surface area contributed by atoms with Crippen molar-refractivity contribution in [2.75, 3.05) is 13.1 Å². The van der Waals surface area contributed by atoms with Gasteiger partial charge in [-0.1, -0.05) is 31.9 Å². The van der Waals surface area contributed by atoms with Gasteiger partial charge in [0.15, 0.2) is 0 Å². The number of nitrogens with zero attached hydrogens (tertiary/aromatic N) is 1. The highest BCUT2D eigenvalue weighted by molar-refractivity contribution is 5.95. The second-order valence-corrected chi connectivity index (χ2v) is 4.93. The van der Waals surface area contributed by atoms with Crippen LogP contribution in [0.2, 0.25) is 0 Å². The van der Waals surface area contributed by atoms with Crippen molar-refractivity contribution in [1.82, 2.24) is 10.2 Å². The van der Waals surface area contributed by atoms with Gasteiger partial charge in [-0.3, -0.25) is 9.59 Å². The Morgan fingerprint density at radius 3 is 2.71 bits per heavy atom. The summed E-state index contributed by atoms with van der Waals surface area (Å²) < 4.78 is 0. The molecule has 0 radical (unpaired) electrons. The molecule has 1 rings (SSSR count). The van der Waals surface area contributed by atoms with Crippen LogP contribution >= 0.6 is 0 Å². The van der Waals surface area contributed by atoms with Gasteiger partial charge in [-0.2, -0.15) is 0 Å². The molecule has 4 nitrogen and oxygen atoms in total.